The van der Waals surface area contributed by atoms with Gasteiger partial charge in [0.2, 0.25) is 5.91 Å². The van der Waals surface area contributed by atoms with Crippen molar-refractivity contribution in [1.82, 2.24) is 9.55 Å². The molecular formula is C24H22N4O2S3. The minimum atomic E-state index is -0.244. The fourth-order valence-corrected chi connectivity index (χ4v) is 6.20. The monoisotopic (exact) mass is 494 g/mol. The van der Waals surface area contributed by atoms with Gasteiger partial charge in [0, 0.05) is 4.88 Å². The second kappa shape index (κ2) is 9.91. The minimum Gasteiger partial charge on any atom is -0.316 e. The Balaban J connectivity index is 1.67. The highest BCUT2D eigenvalue weighted by Gasteiger charge is 2.19. The van der Waals surface area contributed by atoms with Crippen molar-refractivity contribution in [3.05, 3.63) is 73.2 Å². The van der Waals surface area contributed by atoms with Crippen molar-refractivity contribution in [3.63, 3.8) is 0 Å². The molecule has 0 saturated heterocycles. The SMILES string of the molecule is CCc1sc2nc(SCC(=O)Nc3sccc3C#N)n(Cc3ccc(C)cc3)c(=O)c2c1C. The van der Waals surface area contributed by atoms with Gasteiger partial charge in [-0.3, -0.25) is 14.2 Å². The summed E-state index contributed by atoms with van der Waals surface area (Å²) in [5.74, 6) is -0.161. The van der Waals surface area contributed by atoms with Crippen LogP contribution in [0.1, 0.15) is 34.1 Å². The summed E-state index contributed by atoms with van der Waals surface area (Å²) in [7, 11) is 0. The van der Waals surface area contributed by atoms with Gasteiger partial charge in [-0.25, -0.2) is 4.98 Å². The predicted molar refractivity (Wildman–Crippen MR) is 137 cm³/mol. The zero-order valence-electron chi connectivity index (χ0n) is 18.5. The van der Waals surface area contributed by atoms with Crippen LogP contribution in [-0.2, 0) is 17.8 Å². The summed E-state index contributed by atoms with van der Waals surface area (Å²) in [6.45, 7) is 6.45. The van der Waals surface area contributed by atoms with Crippen molar-refractivity contribution in [3.8, 4) is 6.07 Å². The van der Waals surface area contributed by atoms with E-state index in [1.165, 1.54) is 34.4 Å². The number of thiophene rings is 2. The Morgan fingerprint density at radius 2 is 2.00 bits per heavy atom. The number of anilines is 1. The normalized spacial score (nSPS) is 11.0. The number of nitrogens with one attached hydrogen (secondary N) is 1. The number of amides is 1. The first-order chi connectivity index (χ1) is 15.9. The Morgan fingerprint density at radius 3 is 2.70 bits per heavy atom. The summed E-state index contributed by atoms with van der Waals surface area (Å²) in [5.41, 5.74) is 3.49. The molecule has 1 N–H and O–H groups in total. The van der Waals surface area contributed by atoms with E-state index in [0.717, 1.165) is 28.0 Å². The number of nitrogens with zero attached hydrogens (tertiary/aromatic N) is 3. The Hall–Kier alpha value is -2.93. The first-order valence-corrected chi connectivity index (χ1v) is 13.1. The molecule has 4 rings (SSSR count). The molecule has 6 nitrogen and oxygen atoms in total. The molecule has 0 spiro atoms. The van der Waals surface area contributed by atoms with Crippen LogP contribution in [-0.4, -0.2) is 21.2 Å². The summed E-state index contributed by atoms with van der Waals surface area (Å²) in [6, 6.07) is 11.8. The molecule has 3 aromatic heterocycles. The maximum atomic E-state index is 13.5. The van der Waals surface area contributed by atoms with Crippen molar-refractivity contribution in [2.24, 2.45) is 0 Å². The number of hydrogen-bond donors (Lipinski definition) is 1. The minimum absolute atomic E-state index is 0.0815. The van der Waals surface area contributed by atoms with Crippen LogP contribution in [0.4, 0.5) is 5.00 Å². The molecule has 168 valence electrons. The Bertz CT molecular complexity index is 1430. The molecule has 1 amide bonds. The molecule has 0 unspecified atom stereocenters. The lowest BCUT2D eigenvalue weighted by molar-refractivity contribution is -0.113. The number of aromatic nitrogens is 2. The van der Waals surface area contributed by atoms with E-state index < -0.39 is 0 Å². The fraction of sp³-hybridized carbons (Fsp3) is 0.250. The lowest BCUT2D eigenvalue weighted by Gasteiger charge is -2.12. The van der Waals surface area contributed by atoms with Crippen molar-refractivity contribution >= 4 is 55.6 Å². The number of hydrogen-bond acceptors (Lipinski definition) is 7. The first-order valence-electron chi connectivity index (χ1n) is 10.4. The molecule has 0 fully saturated rings. The topological polar surface area (TPSA) is 87.8 Å². The number of fused-ring (bicyclic) bond motifs is 1. The number of thioether (sulfide) groups is 1. The summed E-state index contributed by atoms with van der Waals surface area (Å²) in [6.07, 6.45) is 0.844. The molecule has 0 aliphatic heterocycles. The number of benzene rings is 1. The summed E-state index contributed by atoms with van der Waals surface area (Å²) < 4.78 is 1.66. The second-order valence-corrected chi connectivity index (χ2v) is 10.5. The van der Waals surface area contributed by atoms with Crippen LogP contribution in [0.5, 0.6) is 0 Å². The molecule has 0 aliphatic carbocycles. The largest absolute Gasteiger partial charge is 0.316 e. The molecule has 9 heteroatoms. The highest BCUT2D eigenvalue weighted by atomic mass is 32.2. The summed E-state index contributed by atoms with van der Waals surface area (Å²) >= 11 is 4.08. The van der Waals surface area contributed by atoms with Gasteiger partial charge in [0.05, 0.1) is 23.2 Å². The third-order valence-electron chi connectivity index (χ3n) is 5.27. The van der Waals surface area contributed by atoms with Crippen molar-refractivity contribution in [2.45, 2.75) is 38.9 Å². The third kappa shape index (κ3) is 4.88. The average Bonchev–Trinajstić information content (AvgIpc) is 3.39. The Morgan fingerprint density at radius 1 is 1.24 bits per heavy atom. The second-order valence-electron chi connectivity index (χ2n) is 7.57. The van der Waals surface area contributed by atoms with Gasteiger partial charge in [-0.05, 0) is 42.8 Å². The Kier molecular flexibility index (Phi) is 6.98. The molecule has 0 radical (unpaired) electrons. The zero-order chi connectivity index (χ0) is 23.5. The van der Waals surface area contributed by atoms with E-state index in [0.29, 0.717) is 32.5 Å². The van der Waals surface area contributed by atoms with Gasteiger partial charge in [-0.15, -0.1) is 22.7 Å². The predicted octanol–water partition coefficient (Wildman–Crippen LogP) is 5.35. The third-order valence-corrected chi connectivity index (χ3v) is 8.40. The van der Waals surface area contributed by atoms with Gasteiger partial charge in [-0.1, -0.05) is 48.5 Å². The Labute approximate surface area is 203 Å². The molecule has 3 heterocycles. The van der Waals surface area contributed by atoms with Crippen LogP contribution in [0.3, 0.4) is 0 Å². The van der Waals surface area contributed by atoms with Crippen molar-refractivity contribution < 1.29 is 4.79 Å². The molecular weight excluding hydrogens is 472 g/mol. The van der Waals surface area contributed by atoms with Crippen LogP contribution in [0, 0.1) is 25.2 Å². The quantitative estimate of drug-likeness (QED) is 0.276. The molecule has 33 heavy (non-hydrogen) atoms. The van der Waals surface area contributed by atoms with E-state index in [9.17, 15) is 9.59 Å². The van der Waals surface area contributed by atoms with E-state index in [-0.39, 0.29) is 17.2 Å². The molecule has 0 atom stereocenters. The van der Waals surface area contributed by atoms with Crippen LogP contribution >= 0.6 is 34.4 Å². The van der Waals surface area contributed by atoms with Gasteiger partial charge in [0.1, 0.15) is 15.9 Å². The standard InChI is InChI=1S/C24H22N4O2S3/c1-4-18-15(3)20-22(33-18)27-24(28(23(20)30)12-16-7-5-14(2)6-8-16)32-13-19(29)26-21-17(11-25)9-10-31-21/h5-10H,4,12-13H2,1-3H3,(H,26,29). The van der Waals surface area contributed by atoms with E-state index in [4.69, 9.17) is 10.2 Å². The van der Waals surface area contributed by atoms with Gasteiger partial charge in [0.25, 0.3) is 5.56 Å². The van der Waals surface area contributed by atoms with Crippen molar-refractivity contribution in [2.75, 3.05) is 11.1 Å². The van der Waals surface area contributed by atoms with Gasteiger partial charge < -0.3 is 5.32 Å². The molecule has 1 aromatic carbocycles. The van der Waals surface area contributed by atoms with Crippen LogP contribution in [0.25, 0.3) is 10.2 Å². The first kappa shape index (κ1) is 23.2. The number of carbonyl (C=O) groups excluding carboxylic acids is 1. The van der Waals surface area contributed by atoms with Gasteiger partial charge >= 0.3 is 0 Å². The average molecular weight is 495 g/mol. The number of nitriles is 1. The van der Waals surface area contributed by atoms with E-state index in [1.54, 1.807) is 16.0 Å². The van der Waals surface area contributed by atoms with Crippen LogP contribution in [0.15, 0.2) is 45.7 Å². The lowest BCUT2D eigenvalue weighted by atomic mass is 10.1. The van der Waals surface area contributed by atoms with E-state index in [1.807, 2.05) is 38.1 Å². The molecule has 4 aromatic rings. The van der Waals surface area contributed by atoms with E-state index in [2.05, 4.69) is 18.3 Å². The molecule has 0 bridgehead atoms. The van der Waals surface area contributed by atoms with Gasteiger partial charge in [0.15, 0.2) is 5.16 Å². The molecule has 0 aliphatic rings. The maximum absolute atomic E-state index is 13.5. The van der Waals surface area contributed by atoms with Crippen LogP contribution < -0.4 is 10.9 Å². The van der Waals surface area contributed by atoms with E-state index >= 15 is 0 Å². The number of carbonyl (C=O) groups is 1. The van der Waals surface area contributed by atoms with Crippen LogP contribution in [0.2, 0.25) is 0 Å². The maximum Gasteiger partial charge on any atom is 0.263 e. The highest BCUT2D eigenvalue weighted by Crippen LogP contribution is 2.30. The number of rotatable bonds is 7. The van der Waals surface area contributed by atoms with Crippen molar-refractivity contribution in [1.29, 1.82) is 5.26 Å². The van der Waals surface area contributed by atoms with Gasteiger partial charge in [-0.2, -0.15) is 5.26 Å². The smallest absolute Gasteiger partial charge is 0.263 e. The lowest BCUT2D eigenvalue weighted by Crippen LogP contribution is -2.24. The fourth-order valence-electron chi connectivity index (χ4n) is 3.49. The summed E-state index contributed by atoms with van der Waals surface area (Å²) in [4.78, 5) is 32.8. The highest BCUT2D eigenvalue weighted by molar-refractivity contribution is 7.99. The molecule has 0 saturated carbocycles. The zero-order valence-corrected chi connectivity index (χ0v) is 20.9. The summed E-state index contributed by atoms with van der Waals surface area (Å²) in [5, 5.41) is 15.4. The number of aryl methyl sites for hydroxylation is 3.